The minimum atomic E-state index is -0.248. The van der Waals surface area contributed by atoms with E-state index >= 15 is 0 Å². The van der Waals surface area contributed by atoms with Crippen LogP contribution in [0.3, 0.4) is 0 Å². The summed E-state index contributed by atoms with van der Waals surface area (Å²) >= 11 is 6.02. The normalized spacial score (nSPS) is 11.1. The largest absolute Gasteiger partial charge is 0.361 e. The lowest BCUT2D eigenvalue weighted by atomic mass is 10.1. The molecule has 0 spiro atoms. The molecule has 0 aliphatic heterocycles. The van der Waals surface area contributed by atoms with Gasteiger partial charge in [-0.2, -0.15) is 0 Å². The number of aromatic amines is 1. The number of guanidine groups is 1. The molecule has 2 aromatic carbocycles. The summed E-state index contributed by atoms with van der Waals surface area (Å²) in [7, 11) is 1.68. The molecule has 6 nitrogen and oxygen atoms in total. The number of carbonyl (C=O) groups is 1. The Balaban J connectivity index is 0.00000320. The highest BCUT2D eigenvalue weighted by Gasteiger charge is 2.09. The highest BCUT2D eigenvalue weighted by atomic mass is 127. The predicted molar refractivity (Wildman–Crippen MR) is 131 cm³/mol. The molecule has 3 rings (SSSR count). The first-order valence-corrected chi connectivity index (χ1v) is 9.69. The Morgan fingerprint density at radius 1 is 1.10 bits per heavy atom. The van der Waals surface area contributed by atoms with E-state index in [2.05, 4.69) is 25.9 Å². The van der Waals surface area contributed by atoms with Crippen LogP contribution in [0.1, 0.15) is 15.9 Å². The predicted octanol–water partition coefficient (Wildman–Crippen LogP) is 3.72. The lowest BCUT2D eigenvalue weighted by Gasteiger charge is -2.12. The standard InChI is InChI=1S/C21H23ClFN5O.HI/c1-24-21(27-11-10-25-20(29)16-4-2-3-5-18(16)22)26-9-8-14-13-28-19-7-6-15(23)12-17(14)19;/h2-7,12-13,28H,8-11H2,1H3,(H,25,29)(H2,24,26,27);1H. The number of hydrogen-bond donors (Lipinski definition) is 4. The molecule has 9 heteroatoms. The van der Waals surface area contributed by atoms with E-state index in [1.165, 1.54) is 12.1 Å². The van der Waals surface area contributed by atoms with E-state index in [9.17, 15) is 9.18 Å². The molecule has 1 amide bonds. The van der Waals surface area contributed by atoms with Crippen molar-refractivity contribution in [1.82, 2.24) is 20.9 Å². The number of aromatic nitrogens is 1. The van der Waals surface area contributed by atoms with Crippen molar-refractivity contribution in [3.05, 3.63) is 70.6 Å². The Hall–Kier alpha value is -2.33. The average molecular weight is 544 g/mol. The number of hydrogen-bond acceptors (Lipinski definition) is 2. The number of benzene rings is 2. The summed E-state index contributed by atoms with van der Waals surface area (Å²) in [6, 6.07) is 11.6. The molecule has 3 aromatic rings. The van der Waals surface area contributed by atoms with Gasteiger partial charge in [0.2, 0.25) is 0 Å². The van der Waals surface area contributed by atoms with Crippen LogP contribution >= 0.6 is 35.6 Å². The van der Waals surface area contributed by atoms with Gasteiger partial charge >= 0.3 is 0 Å². The van der Waals surface area contributed by atoms with Crippen molar-refractivity contribution in [1.29, 1.82) is 0 Å². The molecule has 160 valence electrons. The summed E-state index contributed by atoms with van der Waals surface area (Å²) in [5.74, 6) is 0.164. The van der Waals surface area contributed by atoms with Gasteiger partial charge in [0.15, 0.2) is 5.96 Å². The Labute approximate surface area is 196 Å². The van der Waals surface area contributed by atoms with E-state index in [4.69, 9.17) is 11.6 Å². The topological polar surface area (TPSA) is 81.3 Å². The van der Waals surface area contributed by atoms with E-state index in [0.29, 0.717) is 42.6 Å². The first-order valence-electron chi connectivity index (χ1n) is 9.31. The summed E-state index contributed by atoms with van der Waals surface area (Å²) in [6.07, 6.45) is 2.61. The highest BCUT2D eigenvalue weighted by molar-refractivity contribution is 14.0. The van der Waals surface area contributed by atoms with Crippen molar-refractivity contribution in [3.8, 4) is 0 Å². The summed E-state index contributed by atoms with van der Waals surface area (Å²) < 4.78 is 13.5. The molecule has 30 heavy (non-hydrogen) atoms. The fourth-order valence-corrected chi connectivity index (χ4v) is 3.21. The van der Waals surface area contributed by atoms with Gasteiger partial charge in [-0.25, -0.2) is 4.39 Å². The second-order valence-electron chi connectivity index (χ2n) is 6.42. The van der Waals surface area contributed by atoms with Gasteiger partial charge in [0.25, 0.3) is 5.91 Å². The molecule has 0 fully saturated rings. The summed E-state index contributed by atoms with van der Waals surface area (Å²) in [5, 5.41) is 10.5. The van der Waals surface area contributed by atoms with E-state index in [1.54, 1.807) is 37.4 Å². The maximum absolute atomic E-state index is 13.5. The molecular weight excluding hydrogens is 520 g/mol. The lowest BCUT2D eigenvalue weighted by Crippen LogP contribution is -2.42. The fraction of sp³-hybridized carbons (Fsp3) is 0.238. The zero-order chi connectivity index (χ0) is 20.6. The van der Waals surface area contributed by atoms with E-state index in [-0.39, 0.29) is 35.7 Å². The van der Waals surface area contributed by atoms with Gasteiger partial charge in [0, 0.05) is 43.8 Å². The number of fused-ring (bicyclic) bond motifs is 1. The average Bonchev–Trinajstić information content (AvgIpc) is 3.12. The van der Waals surface area contributed by atoms with E-state index in [1.807, 2.05) is 6.20 Å². The third-order valence-corrected chi connectivity index (χ3v) is 4.79. The van der Waals surface area contributed by atoms with Gasteiger partial charge in [0.05, 0.1) is 10.6 Å². The van der Waals surface area contributed by atoms with Crippen LogP contribution in [0.5, 0.6) is 0 Å². The van der Waals surface area contributed by atoms with Crippen molar-refractivity contribution in [3.63, 3.8) is 0 Å². The molecule has 0 bridgehead atoms. The van der Waals surface area contributed by atoms with Crippen LogP contribution in [0.25, 0.3) is 10.9 Å². The number of halogens is 3. The molecular formula is C21H24ClFIN5O. The number of nitrogens with zero attached hydrogens (tertiary/aromatic N) is 1. The molecule has 0 saturated carbocycles. The zero-order valence-electron chi connectivity index (χ0n) is 16.5. The molecule has 1 aromatic heterocycles. The van der Waals surface area contributed by atoms with Gasteiger partial charge < -0.3 is 20.9 Å². The van der Waals surface area contributed by atoms with Crippen molar-refractivity contribution >= 4 is 58.3 Å². The third kappa shape index (κ3) is 6.33. The Morgan fingerprint density at radius 2 is 1.83 bits per heavy atom. The highest BCUT2D eigenvalue weighted by Crippen LogP contribution is 2.19. The number of nitrogens with one attached hydrogen (secondary N) is 4. The molecule has 1 heterocycles. The smallest absolute Gasteiger partial charge is 0.252 e. The molecule has 0 radical (unpaired) electrons. The Kier molecular flexibility index (Phi) is 9.38. The number of H-pyrrole nitrogens is 1. The Morgan fingerprint density at radius 3 is 2.60 bits per heavy atom. The quantitative estimate of drug-likeness (QED) is 0.159. The Bertz CT molecular complexity index is 1020. The zero-order valence-corrected chi connectivity index (χ0v) is 19.6. The van der Waals surface area contributed by atoms with Gasteiger partial charge in [-0.15, -0.1) is 24.0 Å². The second-order valence-corrected chi connectivity index (χ2v) is 6.82. The van der Waals surface area contributed by atoms with Crippen LogP contribution in [-0.4, -0.2) is 43.5 Å². The van der Waals surface area contributed by atoms with Gasteiger partial charge in [0.1, 0.15) is 5.82 Å². The molecule has 0 aliphatic rings. The summed E-state index contributed by atoms with van der Waals surface area (Å²) in [4.78, 5) is 19.4. The van der Waals surface area contributed by atoms with E-state index in [0.717, 1.165) is 16.5 Å². The minimum Gasteiger partial charge on any atom is -0.361 e. The van der Waals surface area contributed by atoms with Crippen LogP contribution in [0.4, 0.5) is 4.39 Å². The van der Waals surface area contributed by atoms with Crippen LogP contribution in [0.2, 0.25) is 5.02 Å². The van der Waals surface area contributed by atoms with Crippen molar-refractivity contribution in [2.75, 3.05) is 26.7 Å². The first-order chi connectivity index (χ1) is 14.1. The van der Waals surface area contributed by atoms with E-state index < -0.39 is 0 Å². The number of rotatable bonds is 7. The first kappa shape index (κ1) is 23.9. The fourth-order valence-electron chi connectivity index (χ4n) is 2.99. The van der Waals surface area contributed by atoms with Crippen LogP contribution in [0, 0.1) is 5.82 Å². The van der Waals surface area contributed by atoms with Crippen LogP contribution in [0.15, 0.2) is 53.7 Å². The van der Waals surface area contributed by atoms with Gasteiger partial charge in [-0.05, 0) is 42.3 Å². The molecule has 0 saturated heterocycles. The molecule has 4 N–H and O–H groups in total. The van der Waals surface area contributed by atoms with Crippen molar-refractivity contribution < 1.29 is 9.18 Å². The monoisotopic (exact) mass is 543 g/mol. The van der Waals surface area contributed by atoms with Gasteiger partial charge in [-0.1, -0.05) is 23.7 Å². The molecule has 0 unspecified atom stereocenters. The van der Waals surface area contributed by atoms with Crippen molar-refractivity contribution in [2.45, 2.75) is 6.42 Å². The maximum atomic E-state index is 13.5. The number of aliphatic imine (C=N–C) groups is 1. The second kappa shape index (κ2) is 11.8. The summed E-state index contributed by atoms with van der Waals surface area (Å²) in [6.45, 7) is 1.57. The van der Waals surface area contributed by atoms with Crippen molar-refractivity contribution in [2.24, 2.45) is 4.99 Å². The third-order valence-electron chi connectivity index (χ3n) is 4.46. The number of amides is 1. The SMILES string of the molecule is CN=C(NCCNC(=O)c1ccccc1Cl)NCCc1c[nH]c2ccc(F)cc12.I. The summed E-state index contributed by atoms with van der Waals surface area (Å²) in [5.41, 5.74) is 2.40. The molecule has 0 aliphatic carbocycles. The number of carbonyl (C=O) groups excluding carboxylic acids is 1. The maximum Gasteiger partial charge on any atom is 0.252 e. The van der Waals surface area contributed by atoms with Crippen LogP contribution in [-0.2, 0) is 6.42 Å². The van der Waals surface area contributed by atoms with Crippen LogP contribution < -0.4 is 16.0 Å². The van der Waals surface area contributed by atoms with Gasteiger partial charge in [-0.3, -0.25) is 9.79 Å². The molecule has 0 atom stereocenters. The minimum absolute atomic E-state index is 0. The lowest BCUT2D eigenvalue weighted by molar-refractivity contribution is 0.0954.